The van der Waals surface area contributed by atoms with Gasteiger partial charge in [-0.15, -0.1) is 0 Å². The Kier molecular flexibility index (Phi) is 17.8. The van der Waals surface area contributed by atoms with Crippen LogP contribution in [-0.4, -0.2) is 22.6 Å². The maximum atomic E-state index is 9.44. The third-order valence-electron chi connectivity index (χ3n) is 0.175. The number of aliphatic carboxylic acids is 1. The maximum absolute atomic E-state index is 9.44. The highest BCUT2D eigenvalue weighted by Crippen LogP contribution is 1.54. The average molecular weight is 188 g/mol. The molecule has 0 heterocycles. The summed E-state index contributed by atoms with van der Waals surface area (Å²) in [4.78, 5) is 28.1. The predicted molar refractivity (Wildman–Crippen MR) is 50.5 cm³/mol. The van der Waals surface area contributed by atoms with Gasteiger partial charge in [0, 0.05) is 6.08 Å². The Morgan fingerprint density at radius 2 is 1.08 bits per heavy atom. The molecule has 0 aromatic rings. The highest BCUT2D eigenvalue weighted by molar-refractivity contribution is 5.78. The van der Waals surface area contributed by atoms with Gasteiger partial charge in [0.1, 0.15) is 11.6 Å². The molecule has 0 amide bonds. The summed E-state index contributed by atoms with van der Waals surface area (Å²) in [7, 11) is 0. The van der Waals surface area contributed by atoms with Crippen LogP contribution < -0.4 is 0 Å². The second-order valence-electron chi connectivity index (χ2n) is 2.36. The molecule has 0 saturated heterocycles. The van der Waals surface area contributed by atoms with E-state index in [4.69, 9.17) is 5.11 Å². The topological polar surface area (TPSA) is 71.4 Å². The molecule has 0 aliphatic carbocycles. The van der Waals surface area contributed by atoms with Crippen LogP contribution in [0.5, 0.6) is 0 Å². The van der Waals surface area contributed by atoms with E-state index in [9.17, 15) is 14.4 Å². The van der Waals surface area contributed by atoms with Crippen LogP contribution in [0.3, 0.4) is 0 Å². The molecule has 1 N–H and O–H groups in total. The van der Waals surface area contributed by atoms with E-state index >= 15 is 0 Å². The number of carboxylic acids is 1. The monoisotopic (exact) mass is 188 g/mol. The van der Waals surface area contributed by atoms with Crippen LogP contribution in [0.15, 0.2) is 12.7 Å². The molecule has 76 valence electrons. The van der Waals surface area contributed by atoms with Gasteiger partial charge in [-0.3, -0.25) is 0 Å². The van der Waals surface area contributed by atoms with Gasteiger partial charge in [0.25, 0.3) is 0 Å². The second-order valence-corrected chi connectivity index (χ2v) is 2.36. The van der Waals surface area contributed by atoms with Gasteiger partial charge < -0.3 is 14.7 Å². The lowest BCUT2D eigenvalue weighted by atomic mass is 10.6. The molecule has 0 rings (SSSR count). The number of hydrogen-bond donors (Lipinski definition) is 1. The first-order chi connectivity index (χ1) is 5.73. The van der Waals surface area contributed by atoms with E-state index in [1.807, 2.05) is 0 Å². The molecule has 0 spiro atoms. The van der Waals surface area contributed by atoms with Crippen LogP contribution in [0.25, 0.3) is 0 Å². The Bertz CT molecular complexity index is 162. The molecule has 0 aromatic carbocycles. The van der Waals surface area contributed by atoms with Crippen molar-refractivity contribution in [1.82, 2.24) is 0 Å². The number of Topliss-reactive ketones (excluding diaryl/α,β-unsaturated/α-hetero) is 2. The minimum absolute atomic E-state index is 0.167. The minimum atomic E-state index is -0.981. The van der Waals surface area contributed by atoms with Crippen molar-refractivity contribution in [2.75, 3.05) is 0 Å². The Morgan fingerprint density at radius 1 is 1.00 bits per heavy atom. The highest BCUT2D eigenvalue weighted by Gasteiger charge is 1.73. The van der Waals surface area contributed by atoms with Crippen molar-refractivity contribution in [3.05, 3.63) is 12.7 Å². The predicted octanol–water partition coefficient (Wildman–Crippen LogP) is 1.45. The maximum Gasteiger partial charge on any atom is 0.327 e. The van der Waals surface area contributed by atoms with Crippen molar-refractivity contribution in [2.24, 2.45) is 0 Å². The van der Waals surface area contributed by atoms with E-state index in [-0.39, 0.29) is 11.6 Å². The Balaban J connectivity index is -0.000000117. The summed E-state index contributed by atoms with van der Waals surface area (Å²) in [5.74, 6) is -0.648. The average Bonchev–Trinajstić information content (AvgIpc) is 1.84. The van der Waals surface area contributed by atoms with Crippen molar-refractivity contribution in [3.8, 4) is 0 Å². The van der Waals surface area contributed by atoms with Gasteiger partial charge in [0.15, 0.2) is 0 Å². The summed E-state index contributed by atoms with van der Waals surface area (Å²) in [5.41, 5.74) is 0. The summed E-state index contributed by atoms with van der Waals surface area (Å²) in [6.07, 6.45) is 0.833. The molecule has 0 aromatic heterocycles. The molecule has 0 bridgehead atoms. The normalized spacial score (nSPS) is 6.46. The summed E-state index contributed by atoms with van der Waals surface area (Å²) < 4.78 is 0. The number of rotatable bonds is 1. The first-order valence-corrected chi connectivity index (χ1v) is 3.53. The minimum Gasteiger partial charge on any atom is -0.478 e. The van der Waals surface area contributed by atoms with Gasteiger partial charge in [-0.2, -0.15) is 0 Å². The first kappa shape index (κ1) is 17.6. The zero-order chi connectivity index (χ0) is 11.4. The van der Waals surface area contributed by atoms with E-state index in [0.717, 1.165) is 6.08 Å². The molecule has 0 radical (unpaired) electrons. The summed E-state index contributed by atoms with van der Waals surface area (Å²) in [6, 6.07) is 0. The first-order valence-electron chi connectivity index (χ1n) is 3.53. The fourth-order valence-corrected chi connectivity index (χ4v) is 0. The van der Waals surface area contributed by atoms with Crippen molar-refractivity contribution in [2.45, 2.75) is 27.7 Å². The van der Waals surface area contributed by atoms with Crippen molar-refractivity contribution >= 4 is 17.5 Å². The Morgan fingerprint density at radius 3 is 1.08 bits per heavy atom. The molecule has 4 nitrogen and oxygen atoms in total. The van der Waals surface area contributed by atoms with Crippen LogP contribution in [0.4, 0.5) is 0 Å². The quantitative estimate of drug-likeness (QED) is 0.632. The lowest BCUT2D eigenvalue weighted by Crippen LogP contribution is -1.82. The standard InChI is InChI=1S/C3H4O2.2C3H6O/c1-2-3(4)5;2*1-3(2)4/h2H,1H2,(H,4,5);2*1-2H3. The lowest BCUT2D eigenvalue weighted by Gasteiger charge is -1.64. The van der Waals surface area contributed by atoms with Gasteiger partial charge in [-0.1, -0.05) is 6.58 Å². The van der Waals surface area contributed by atoms with Gasteiger partial charge in [0.2, 0.25) is 0 Å². The molecule has 0 unspecified atom stereocenters. The number of carbonyl (C=O) groups excluding carboxylic acids is 2. The molecule has 13 heavy (non-hydrogen) atoms. The fourth-order valence-electron chi connectivity index (χ4n) is 0. The third-order valence-corrected chi connectivity index (χ3v) is 0.175. The van der Waals surface area contributed by atoms with Crippen LogP contribution in [0.2, 0.25) is 0 Å². The molecule has 0 atom stereocenters. The number of hydrogen-bond acceptors (Lipinski definition) is 3. The van der Waals surface area contributed by atoms with Crippen LogP contribution in [0.1, 0.15) is 27.7 Å². The summed E-state index contributed by atoms with van der Waals surface area (Å²) >= 11 is 0. The molecule has 0 saturated carbocycles. The van der Waals surface area contributed by atoms with Gasteiger partial charge >= 0.3 is 5.97 Å². The van der Waals surface area contributed by atoms with Crippen LogP contribution in [-0.2, 0) is 14.4 Å². The zero-order valence-electron chi connectivity index (χ0n) is 8.46. The molecule has 0 fully saturated rings. The fraction of sp³-hybridized carbons (Fsp3) is 0.444. The smallest absolute Gasteiger partial charge is 0.327 e. The van der Waals surface area contributed by atoms with Crippen molar-refractivity contribution < 1.29 is 19.5 Å². The number of carbonyl (C=O) groups is 3. The van der Waals surface area contributed by atoms with Crippen molar-refractivity contribution in [3.63, 3.8) is 0 Å². The molecule has 0 aliphatic rings. The lowest BCUT2D eigenvalue weighted by molar-refractivity contribution is -0.131. The van der Waals surface area contributed by atoms with Gasteiger partial charge in [-0.25, -0.2) is 4.79 Å². The van der Waals surface area contributed by atoms with E-state index in [1.54, 1.807) is 0 Å². The Labute approximate surface area is 78.3 Å². The number of ketones is 2. The molecular weight excluding hydrogens is 172 g/mol. The largest absolute Gasteiger partial charge is 0.478 e. The highest BCUT2D eigenvalue weighted by atomic mass is 16.4. The van der Waals surface area contributed by atoms with Gasteiger partial charge in [0.05, 0.1) is 0 Å². The third kappa shape index (κ3) is 2550. The second kappa shape index (κ2) is 13.2. The Hall–Kier alpha value is -1.45. The molecule has 4 heteroatoms. The SMILES string of the molecule is C=CC(=O)O.CC(C)=O.CC(C)=O. The van der Waals surface area contributed by atoms with E-state index in [0.29, 0.717) is 0 Å². The van der Waals surface area contributed by atoms with Gasteiger partial charge in [-0.05, 0) is 27.7 Å². The van der Waals surface area contributed by atoms with Crippen LogP contribution >= 0.6 is 0 Å². The van der Waals surface area contributed by atoms with E-state index in [1.165, 1.54) is 27.7 Å². The van der Waals surface area contributed by atoms with E-state index in [2.05, 4.69) is 6.58 Å². The summed E-state index contributed by atoms with van der Waals surface area (Å²) in [5, 5.41) is 7.60. The molecule has 0 aliphatic heterocycles. The number of carboxylic acid groups (broad SMARTS) is 1. The van der Waals surface area contributed by atoms with Crippen LogP contribution in [0, 0.1) is 0 Å². The van der Waals surface area contributed by atoms with E-state index < -0.39 is 5.97 Å². The van der Waals surface area contributed by atoms with Crippen molar-refractivity contribution in [1.29, 1.82) is 0 Å². The summed E-state index contributed by atoms with van der Waals surface area (Å²) in [6.45, 7) is 9.07. The molecular formula is C9H16O4. The zero-order valence-corrected chi connectivity index (χ0v) is 8.46.